The van der Waals surface area contributed by atoms with Crippen molar-refractivity contribution < 1.29 is 9.47 Å². The topological polar surface area (TPSA) is 21.8 Å². The predicted octanol–water partition coefficient (Wildman–Crippen LogP) is 3.34. The molecule has 2 atom stereocenters. The van der Waals surface area contributed by atoms with Crippen molar-refractivity contribution in [3.8, 4) is 0 Å². The van der Waals surface area contributed by atoms with E-state index in [9.17, 15) is 0 Å². The van der Waals surface area contributed by atoms with Crippen molar-refractivity contribution in [2.24, 2.45) is 0 Å². The molecule has 18 heavy (non-hydrogen) atoms. The molecule has 0 spiro atoms. The molecule has 0 aromatic heterocycles. The fourth-order valence-corrected chi connectivity index (χ4v) is 2.07. The predicted molar refractivity (Wildman–Crippen MR) is 70.2 cm³/mol. The molecular formula is C16H16O2. The number of ether oxygens (including phenoxy) is 2. The molecule has 0 N–H and O–H groups in total. The summed E-state index contributed by atoms with van der Waals surface area (Å²) in [5.74, 6) is 0. The normalized spacial score (nSPS) is 21.8. The second kappa shape index (κ2) is 5.34. The van der Waals surface area contributed by atoms with Crippen LogP contribution in [0.15, 0.2) is 60.7 Å². The number of hydrogen-bond acceptors (Lipinski definition) is 2. The van der Waals surface area contributed by atoms with Crippen LogP contribution in [0.1, 0.15) is 17.2 Å². The summed E-state index contributed by atoms with van der Waals surface area (Å²) in [6, 6.07) is 20.5. The molecule has 2 aromatic rings. The van der Waals surface area contributed by atoms with Gasteiger partial charge >= 0.3 is 0 Å². The summed E-state index contributed by atoms with van der Waals surface area (Å²) in [4.78, 5) is 0. The van der Waals surface area contributed by atoms with Crippen LogP contribution in [0.25, 0.3) is 0 Å². The summed E-state index contributed by atoms with van der Waals surface area (Å²) in [6.07, 6.45) is 0.443. The Bertz CT molecular complexity index is 481. The Morgan fingerprint density at radius 1 is 0.889 bits per heavy atom. The summed E-state index contributed by atoms with van der Waals surface area (Å²) in [5.41, 5.74) is 2.44. The van der Waals surface area contributed by atoms with Crippen LogP contribution in [0.4, 0.5) is 0 Å². The van der Waals surface area contributed by atoms with Crippen molar-refractivity contribution in [3.05, 3.63) is 71.8 Å². The van der Waals surface area contributed by atoms with Gasteiger partial charge in [0.15, 0.2) is 0 Å². The molecule has 0 aliphatic carbocycles. The van der Waals surface area contributed by atoms with Gasteiger partial charge in [0.25, 0.3) is 0 Å². The fraction of sp³-hybridized carbons (Fsp3) is 0.250. The van der Waals surface area contributed by atoms with Gasteiger partial charge in [0.2, 0.25) is 0 Å². The Morgan fingerprint density at radius 3 is 2.28 bits per heavy atom. The highest BCUT2D eigenvalue weighted by atomic mass is 16.6. The van der Waals surface area contributed by atoms with Crippen molar-refractivity contribution in [2.45, 2.75) is 18.8 Å². The van der Waals surface area contributed by atoms with Crippen molar-refractivity contribution in [1.82, 2.24) is 0 Å². The highest BCUT2D eigenvalue weighted by Gasteiger charge is 2.39. The van der Waals surface area contributed by atoms with Crippen LogP contribution < -0.4 is 0 Å². The van der Waals surface area contributed by atoms with E-state index in [0.29, 0.717) is 13.2 Å². The standard InChI is InChI=1S/C16H16O2/c1-3-7-13(8-4-1)11-17-12-15-16(18-15)14-9-5-2-6-10-14/h1-10,15-16H,11-12H2/t15-,16-/m1/s1. The highest BCUT2D eigenvalue weighted by molar-refractivity contribution is 5.22. The van der Waals surface area contributed by atoms with E-state index in [4.69, 9.17) is 9.47 Å². The molecule has 1 aliphatic heterocycles. The lowest BCUT2D eigenvalue weighted by Crippen LogP contribution is -2.02. The Hall–Kier alpha value is -1.64. The second-order valence-electron chi connectivity index (χ2n) is 4.51. The third-order valence-corrected chi connectivity index (χ3v) is 3.10. The van der Waals surface area contributed by atoms with Gasteiger partial charge in [-0.15, -0.1) is 0 Å². The molecule has 1 heterocycles. The van der Waals surface area contributed by atoms with Crippen LogP contribution in [0.2, 0.25) is 0 Å². The number of benzene rings is 2. The molecule has 3 rings (SSSR count). The average Bonchev–Trinajstić information content (AvgIpc) is 3.21. The van der Waals surface area contributed by atoms with Gasteiger partial charge in [-0.05, 0) is 11.1 Å². The van der Waals surface area contributed by atoms with Crippen LogP contribution in [0.3, 0.4) is 0 Å². The van der Waals surface area contributed by atoms with Crippen LogP contribution in [-0.2, 0) is 16.1 Å². The lowest BCUT2D eigenvalue weighted by molar-refractivity contribution is 0.104. The van der Waals surface area contributed by atoms with E-state index in [1.165, 1.54) is 11.1 Å². The zero-order valence-corrected chi connectivity index (χ0v) is 10.2. The summed E-state index contributed by atoms with van der Waals surface area (Å²) in [5, 5.41) is 0. The maximum absolute atomic E-state index is 5.67. The lowest BCUT2D eigenvalue weighted by atomic mass is 10.1. The maximum atomic E-state index is 5.67. The Morgan fingerprint density at radius 2 is 1.56 bits per heavy atom. The minimum atomic E-state index is 0.219. The third-order valence-electron chi connectivity index (χ3n) is 3.10. The summed E-state index contributed by atoms with van der Waals surface area (Å²) in [7, 11) is 0. The van der Waals surface area contributed by atoms with Crippen molar-refractivity contribution >= 4 is 0 Å². The number of rotatable bonds is 5. The van der Waals surface area contributed by atoms with Crippen molar-refractivity contribution in [1.29, 1.82) is 0 Å². The van der Waals surface area contributed by atoms with E-state index in [1.807, 2.05) is 36.4 Å². The van der Waals surface area contributed by atoms with Crippen LogP contribution in [0.5, 0.6) is 0 Å². The molecule has 92 valence electrons. The Balaban J connectivity index is 1.44. The van der Waals surface area contributed by atoms with Gasteiger partial charge in [-0.1, -0.05) is 60.7 Å². The third kappa shape index (κ3) is 2.78. The maximum Gasteiger partial charge on any atom is 0.112 e. The SMILES string of the molecule is c1ccc(COC[C@H]2O[C@@H]2c2ccccc2)cc1. The van der Waals surface area contributed by atoms with E-state index in [-0.39, 0.29) is 12.2 Å². The first kappa shape index (κ1) is 11.5. The Labute approximate surface area is 107 Å². The zero-order chi connectivity index (χ0) is 12.2. The molecule has 1 saturated heterocycles. The highest BCUT2D eigenvalue weighted by Crippen LogP contribution is 2.38. The number of hydrogen-bond donors (Lipinski definition) is 0. The molecule has 0 radical (unpaired) electrons. The monoisotopic (exact) mass is 240 g/mol. The van der Waals surface area contributed by atoms with Gasteiger partial charge in [0.1, 0.15) is 12.2 Å². The minimum absolute atomic E-state index is 0.219. The fourth-order valence-electron chi connectivity index (χ4n) is 2.07. The second-order valence-corrected chi connectivity index (χ2v) is 4.51. The first-order valence-electron chi connectivity index (χ1n) is 6.25. The molecule has 2 aromatic carbocycles. The molecule has 0 saturated carbocycles. The van der Waals surface area contributed by atoms with Crippen LogP contribution in [-0.4, -0.2) is 12.7 Å². The van der Waals surface area contributed by atoms with Gasteiger partial charge < -0.3 is 9.47 Å². The lowest BCUT2D eigenvalue weighted by Gasteiger charge is -2.01. The minimum Gasteiger partial charge on any atom is -0.374 e. The molecular weight excluding hydrogens is 224 g/mol. The average molecular weight is 240 g/mol. The summed E-state index contributed by atoms with van der Waals surface area (Å²) >= 11 is 0. The largest absolute Gasteiger partial charge is 0.374 e. The zero-order valence-electron chi connectivity index (χ0n) is 10.2. The van der Waals surface area contributed by atoms with Gasteiger partial charge in [-0.25, -0.2) is 0 Å². The molecule has 1 fully saturated rings. The van der Waals surface area contributed by atoms with Gasteiger partial charge in [-0.3, -0.25) is 0 Å². The first-order chi connectivity index (χ1) is 8.93. The van der Waals surface area contributed by atoms with Gasteiger partial charge in [0, 0.05) is 0 Å². The van der Waals surface area contributed by atoms with E-state index >= 15 is 0 Å². The molecule has 2 heteroatoms. The molecule has 0 bridgehead atoms. The molecule has 0 unspecified atom stereocenters. The molecule has 1 aliphatic rings. The number of epoxide rings is 1. The van der Waals surface area contributed by atoms with Crippen molar-refractivity contribution in [2.75, 3.05) is 6.61 Å². The quantitative estimate of drug-likeness (QED) is 0.748. The van der Waals surface area contributed by atoms with Gasteiger partial charge in [0.05, 0.1) is 13.2 Å². The summed E-state index contributed by atoms with van der Waals surface area (Å²) in [6.45, 7) is 1.32. The smallest absolute Gasteiger partial charge is 0.112 e. The molecule has 2 nitrogen and oxygen atoms in total. The van der Waals surface area contributed by atoms with E-state index in [1.54, 1.807) is 0 Å². The Kier molecular flexibility index (Phi) is 3.40. The summed E-state index contributed by atoms with van der Waals surface area (Å²) < 4.78 is 11.3. The van der Waals surface area contributed by atoms with Gasteiger partial charge in [-0.2, -0.15) is 0 Å². The van der Waals surface area contributed by atoms with Crippen LogP contribution >= 0.6 is 0 Å². The van der Waals surface area contributed by atoms with E-state index < -0.39 is 0 Å². The van der Waals surface area contributed by atoms with E-state index in [0.717, 1.165) is 0 Å². The van der Waals surface area contributed by atoms with E-state index in [2.05, 4.69) is 24.3 Å². The molecule has 0 amide bonds. The van der Waals surface area contributed by atoms with Crippen molar-refractivity contribution in [3.63, 3.8) is 0 Å². The first-order valence-corrected chi connectivity index (χ1v) is 6.25. The van der Waals surface area contributed by atoms with Crippen LogP contribution in [0, 0.1) is 0 Å².